The van der Waals surface area contributed by atoms with Crippen molar-refractivity contribution in [1.29, 1.82) is 0 Å². The first-order valence-electron chi connectivity index (χ1n) is 15.5. The number of benzene rings is 6. The second-order valence-electron chi connectivity index (χ2n) is 11.6. The molecule has 6 rings (SSSR count). The molecule has 0 unspecified atom stereocenters. The quantitative estimate of drug-likeness (QED) is 0.0867. The average molecular weight is 876 g/mol. The molecule has 0 heterocycles. The zero-order valence-electron chi connectivity index (χ0n) is 30.0. The summed E-state index contributed by atoms with van der Waals surface area (Å²) in [5, 5.41) is 86.5. The minimum atomic E-state index is -3.64. The smallest absolute Gasteiger partial charge is 0.871 e. The molecule has 0 aliphatic rings. The molecule has 0 atom stereocenters. The molecule has 0 bridgehead atoms. The maximum atomic E-state index is 12.3. The van der Waals surface area contributed by atoms with Crippen LogP contribution in [0.15, 0.2) is 118 Å². The Morgan fingerprint density at radius 3 is 1.19 bits per heavy atom. The van der Waals surface area contributed by atoms with Gasteiger partial charge in [-0.1, -0.05) is 83.7 Å². The van der Waals surface area contributed by atoms with Crippen molar-refractivity contribution in [3.05, 3.63) is 117 Å². The third kappa shape index (κ3) is 11.6. The van der Waals surface area contributed by atoms with Crippen LogP contribution in [-0.2, 0) is 37.4 Å². The topological polar surface area (TPSA) is 320 Å². The van der Waals surface area contributed by atoms with E-state index < -0.39 is 52.9 Å². The van der Waals surface area contributed by atoms with Crippen molar-refractivity contribution in [2.45, 2.75) is 0 Å². The zero-order chi connectivity index (χ0) is 40.9. The molecule has 0 saturated carbocycles. The number of nitrogens with zero attached hydrogens (tertiary/aromatic N) is 6. The molecule has 58 heavy (non-hydrogen) atoms. The molecule has 6 aromatic carbocycles. The van der Waals surface area contributed by atoms with Crippen LogP contribution in [0.4, 0.5) is 45.5 Å². The number of hydrogen-bond donors (Lipinski definition) is 2. The van der Waals surface area contributed by atoms with E-state index in [9.17, 15) is 57.5 Å². The van der Waals surface area contributed by atoms with Crippen LogP contribution in [0, 0.1) is 20.2 Å². The van der Waals surface area contributed by atoms with Crippen molar-refractivity contribution in [2.75, 3.05) is 22.0 Å². The molecule has 0 aromatic heterocycles. The number of nitrogens with one attached hydrogen (secondary N) is 2. The summed E-state index contributed by atoms with van der Waals surface area (Å²) in [6, 6.07) is 20.7. The van der Waals surface area contributed by atoms with Gasteiger partial charge in [-0.25, -0.2) is 16.8 Å². The third-order valence-electron chi connectivity index (χ3n) is 7.38. The summed E-state index contributed by atoms with van der Waals surface area (Å²) in [7, 11) is -7.27. The largest absolute Gasteiger partial charge is 3.00 e. The molecule has 0 aliphatic heterocycles. The molecule has 6 aromatic rings. The second kappa shape index (κ2) is 19.0. The predicted molar refractivity (Wildman–Crippen MR) is 197 cm³/mol. The average Bonchev–Trinajstić information content (AvgIpc) is 3.11. The van der Waals surface area contributed by atoms with Gasteiger partial charge in [0.25, 0.3) is 11.4 Å². The minimum Gasteiger partial charge on any atom is -0.871 e. The van der Waals surface area contributed by atoms with Crippen LogP contribution in [0.5, 0.6) is 23.0 Å². The summed E-state index contributed by atoms with van der Waals surface area (Å²) in [5.74, 6) is -2.35. The molecule has 20 nitrogen and oxygen atoms in total. The fourth-order valence-electron chi connectivity index (χ4n) is 5.05. The summed E-state index contributed by atoms with van der Waals surface area (Å²) in [6.07, 6.45) is 1.92. The number of hydrogen-bond acceptors (Lipinski definition) is 16. The molecule has 0 saturated heterocycles. The van der Waals surface area contributed by atoms with Gasteiger partial charge in [0.05, 0.1) is 56.5 Å². The van der Waals surface area contributed by atoms with Gasteiger partial charge >= 0.3 is 46.9 Å². The van der Waals surface area contributed by atoms with Gasteiger partial charge in [0.15, 0.2) is 0 Å². The monoisotopic (exact) mass is 875 g/mol. The van der Waals surface area contributed by atoms with Crippen molar-refractivity contribution in [2.24, 2.45) is 20.5 Å². The van der Waals surface area contributed by atoms with Crippen molar-refractivity contribution in [1.82, 2.24) is 0 Å². The summed E-state index contributed by atoms with van der Waals surface area (Å²) in [5.41, 5.74) is -1.51. The van der Waals surface area contributed by atoms with Gasteiger partial charge in [0.2, 0.25) is 20.0 Å². The van der Waals surface area contributed by atoms with Crippen LogP contribution in [0.1, 0.15) is 0 Å². The normalized spacial score (nSPS) is 11.3. The first-order chi connectivity index (χ1) is 26.3. The fraction of sp³-hybridized carbons (Fsp3) is 0.0588. The van der Waals surface area contributed by atoms with E-state index in [1.807, 2.05) is 0 Å². The van der Waals surface area contributed by atoms with Crippen molar-refractivity contribution < 1.29 is 94.0 Å². The third-order valence-corrected chi connectivity index (χ3v) is 8.56. The van der Waals surface area contributed by atoms with Crippen LogP contribution in [0.25, 0.3) is 21.5 Å². The van der Waals surface area contributed by atoms with Crippen LogP contribution >= 0.6 is 0 Å². The second-order valence-corrected chi connectivity index (χ2v) is 15.1. The van der Waals surface area contributed by atoms with E-state index in [-0.39, 0.29) is 103 Å². The molecular weight excluding hydrogens is 852 g/mol. The number of non-ortho nitro benzene ring substituents is 2. The van der Waals surface area contributed by atoms with E-state index >= 15 is 0 Å². The molecule has 1 radical (unpaired) electrons. The standard InChI is InChI=1S/2C17H14N4O6S.Cr.Na/c2*1-28(26,27)20-12-4-2-3-10-5-7-15(23)17(16(10)12)19-18-13-9-11(21(24)25)6-8-14(13)22;;/h2*2-9,20,22-23H,1H3;;/q;;+3;+1/p-4. The number of azo groups is 2. The predicted octanol–water partition coefficient (Wildman–Crippen LogP) is 2.37. The van der Waals surface area contributed by atoms with E-state index in [1.54, 1.807) is 24.3 Å². The number of anilines is 2. The Kier molecular flexibility index (Phi) is 15.2. The summed E-state index contributed by atoms with van der Waals surface area (Å²) < 4.78 is 51.1. The Morgan fingerprint density at radius 1 is 0.517 bits per heavy atom. The van der Waals surface area contributed by atoms with Crippen LogP contribution in [0.3, 0.4) is 0 Å². The van der Waals surface area contributed by atoms with E-state index in [4.69, 9.17) is 0 Å². The number of nitro groups is 2. The molecule has 24 heteroatoms. The zero-order valence-corrected chi connectivity index (χ0v) is 35.0. The van der Waals surface area contributed by atoms with E-state index in [1.165, 1.54) is 36.4 Å². The van der Waals surface area contributed by atoms with E-state index in [0.29, 0.717) is 10.8 Å². The summed E-state index contributed by atoms with van der Waals surface area (Å²) >= 11 is 0. The molecule has 0 fully saturated rings. The van der Waals surface area contributed by atoms with Crippen molar-refractivity contribution >= 4 is 87.1 Å². The SMILES string of the molecule is CS(=O)(=O)Nc1cccc2ccc([O-])c(N=Nc3cc([N+](=O)[O-])ccc3[O-])c12.CS(=O)(=O)Nc1cccc2ccc([O-])c(N=Nc3cc([N+](=O)[O-])ccc3[O-])c12.[Cr+3].[Na+]. The Labute approximate surface area is 361 Å². The first-order valence-corrected chi connectivity index (χ1v) is 19.2. The fourth-order valence-corrected chi connectivity index (χ4v) is 6.19. The van der Waals surface area contributed by atoms with E-state index in [0.717, 1.165) is 48.9 Å². The number of fused-ring (bicyclic) bond motifs is 2. The molecule has 0 spiro atoms. The molecule has 291 valence electrons. The Balaban J connectivity index is 0.000000300. The van der Waals surface area contributed by atoms with Gasteiger partial charge < -0.3 is 20.4 Å². The van der Waals surface area contributed by atoms with E-state index in [2.05, 4.69) is 29.9 Å². The van der Waals surface area contributed by atoms with Crippen molar-refractivity contribution in [3.8, 4) is 23.0 Å². The van der Waals surface area contributed by atoms with Gasteiger partial charge in [0.1, 0.15) is 0 Å². The minimum absolute atomic E-state index is 0. The Morgan fingerprint density at radius 2 is 0.862 bits per heavy atom. The van der Waals surface area contributed by atoms with Crippen LogP contribution in [-0.4, -0.2) is 39.2 Å². The maximum absolute atomic E-state index is 12.3. The number of sulfonamides is 2. The molecular formula is C34H24CrN8NaO12S2. The van der Waals surface area contributed by atoms with Gasteiger partial charge in [-0.3, -0.25) is 29.7 Å². The molecule has 2 N–H and O–H groups in total. The Bertz CT molecular complexity index is 2650. The van der Waals surface area contributed by atoms with Gasteiger partial charge in [-0.15, -0.1) is 0 Å². The molecule has 0 amide bonds. The van der Waals surface area contributed by atoms with Crippen LogP contribution < -0.4 is 59.4 Å². The first kappa shape index (κ1) is 46.5. The van der Waals surface area contributed by atoms with Gasteiger partial charge in [-0.2, -0.15) is 20.5 Å². The van der Waals surface area contributed by atoms with Gasteiger partial charge in [-0.05, 0) is 22.9 Å². The molecule has 0 aliphatic carbocycles. The summed E-state index contributed by atoms with van der Waals surface area (Å²) in [6.45, 7) is 0. The Hall–Kier alpha value is -5.93. The number of rotatable bonds is 10. The maximum Gasteiger partial charge on any atom is 3.00 e. The summed E-state index contributed by atoms with van der Waals surface area (Å²) in [4.78, 5) is 20.3. The van der Waals surface area contributed by atoms with Crippen molar-refractivity contribution in [3.63, 3.8) is 0 Å². The van der Waals surface area contributed by atoms with Gasteiger partial charge in [0, 0.05) is 35.0 Å². The number of nitro benzene ring substituents is 2. The van der Waals surface area contributed by atoms with Crippen LogP contribution in [0.2, 0.25) is 0 Å².